The summed E-state index contributed by atoms with van der Waals surface area (Å²) < 4.78 is 0. The Kier molecular flexibility index (Phi) is 12.0. The van der Waals surface area contributed by atoms with E-state index in [-0.39, 0.29) is 0 Å². The van der Waals surface area contributed by atoms with Gasteiger partial charge in [0.15, 0.2) is 10.2 Å². The number of hydrogen-bond donors (Lipinski definition) is 4. The van der Waals surface area contributed by atoms with E-state index < -0.39 is 0 Å². The first-order chi connectivity index (χ1) is 12.7. The van der Waals surface area contributed by atoms with E-state index in [0.29, 0.717) is 10.2 Å². The Morgan fingerprint density at radius 1 is 0.808 bits per heavy atom. The molecule has 0 aliphatic carbocycles. The number of rotatable bonds is 10. The molecule has 1 aromatic rings. The van der Waals surface area contributed by atoms with Crippen LogP contribution in [0.2, 0.25) is 0 Å². The van der Waals surface area contributed by atoms with Crippen LogP contribution in [0.5, 0.6) is 0 Å². The smallest absolute Gasteiger partial charge is 0.186 e. The summed E-state index contributed by atoms with van der Waals surface area (Å²) in [6.07, 6.45) is 7.88. The van der Waals surface area contributed by atoms with Crippen molar-refractivity contribution in [2.45, 2.75) is 39.5 Å². The molecule has 0 amide bonds. The Hall–Kier alpha value is -2.06. The van der Waals surface area contributed by atoms with Crippen molar-refractivity contribution in [3.8, 4) is 0 Å². The highest BCUT2D eigenvalue weighted by Crippen LogP contribution is 2.00. The molecule has 0 bridgehead atoms. The minimum Gasteiger partial charge on any atom is -0.361 e. The minimum absolute atomic E-state index is 0.535. The van der Waals surface area contributed by atoms with Crippen molar-refractivity contribution in [1.82, 2.24) is 21.5 Å². The van der Waals surface area contributed by atoms with Crippen LogP contribution in [0.15, 0.2) is 34.5 Å². The number of unbranched alkanes of at least 4 members (excludes halogenated alkanes) is 2. The Bertz CT molecular complexity index is 545. The molecule has 0 atom stereocenters. The van der Waals surface area contributed by atoms with Crippen molar-refractivity contribution in [3.05, 3.63) is 35.4 Å². The Morgan fingerprint density at radius 3 is 1.54 bits per heavy atom. The average Bonchev–Trinajstić information content (AvgIpc) is 2.63. The van der Waals surface area contributed by atoms with Crippen LogP contribution in [0.4, 0.5) is 0 Å². The van der Waals surface area contributed by atoms with E-state index in [1.165, 1.54) is 0 Å². The van der Waals surface area contributed by atoms with Gasteiger partial charge in [0.2, 0.25) is 0 Å². The first-order valence-electron chi connectivity index (χ1n) is 8.89. The predicted molar refractivity (Wildman–Crippen MR) is 119 cm³/mol. The van der Waals surface area contributed by atoms with Gasteiger partial charge in [-0.2, -0.15) is 10.2 Å². The maximum Gasteiger partial charge on any atom is 0.186 e. The van der Waals surface area contributed by atoms with Crippen molar-refractivity contribution >= 4 is 47.1 Å². The summed E-state index contributed by atoms with van der Waals surface area (Å²) in [5.41, 5.74) is 7.55. The van der Waals surface area contributed by atoms with Gasteiger partial charge in [0, 0.05) is 13.1 Å². The molecule has 0 heterocycles. The van der Waals surface area contributed by atoms with E-state index >= 15 is 0 Å². The van der Waals surface area contributed by atoms with Crippen LogP contribution in [-0.4, -0.2) is 35.7 Å². The van der Waals surface area contributed by atoms with Crippen LogP contribution in [0.1, 0.15) is 50.7 Å². The molecule has 0 unspecified atom stereocenters. The number of thiocarbonyl (C=S) groups is 2. The SMILES string of the molecule is CCCCNC(=S)N/N=C\c1ccc(/C=N\NC(=S)NCCCC)cc1. The highest BCUT2D eigenvalue weighted by Gasteiger charge is 1.94. The van der Waals surface area contributed by atoms with Crippen molar-refractivity contribution in [2.24, 2.45) is 10.2 Å². The summed E-state index contributed by atoms with van der Waals surface area (Å²) >= 11 is 10.3. The van der Waals surface area contributed by atoms with Gasteiger partial charge in [-0.15, -0.1) is 0 Å². The molecule has 0 saturated heterocycles. The largest absolute Gasteiger partial charge is 0.361 e. The fourth-order valence-electron chi connectivity index (χ4n) is 1.84. The second-order valence-corrected chi connectivity index (χ2v) is 6.44. The van der Waals surface area contributed by atoms with Gasteiger partial charge in [0.1, 0.15) is 0 Å². The molecular weight excluding hydrogens is 364 g/mol. The molecular formula is C18H28N6S2. The molecule has 0 fully saturated rings. The second kappa shape index (κ2) is 14.1. The third-order valence-electron chi connectivity index (χ3n) is 3.33. The molecule has 1 aromatic carbocycles. The lowest BCUT2D eigenvalue weighted by Gasteiger charge is -2.05. The van der Waals surface area contributed by atoms with Gasteiger partial charge in [-0.25, -0.2) is 0 Å². The molecule has 0 saturated carbocycles. The lowest BCUT2D eigenvalue weighted by molar-refractivity contribution is 0.745. The minimum atomic E-state index is 0.535. The molecule has 8 heteroatoms. The fraction of sp³-hybridized carbons (Fsp3) is 0.444. The van der Waals surface area contributed by atoms with Gasteiger partial charge in [-0.3, -0.25) is 10.9 Å². The lowest BCUT2D eigenvalue weighted by atomic mass is 10.2. The standard InChI is InChI=1S/C18H28N6S2/c1-3-5-11-19-17(25)23-21-13-15-7-9-16(10-8-15)14-22-24-18(26)20-12-6-4-2/h7-10,13-14H,3-6,11-12H2,1-2H3,(H2,19,23,25)(H2,20,24,26)/b21-13-,22-14-. The Labute approximate surface area is 166 Å². The van der Waals surface area contributed by atoms with Gasteiger partial charge in [0.05, 0.1) is 12.4 Å². The molecule has 0 aromatic heterocycles. The normalized spacial score (nSPS) is 10.8. The second-order valence-electron chi connectivity index (χ2n) is 5.63. The first kappa shape index (κ1) is 22.0. The van der Waals surface area contributed by atoms with Gasteiger partial charge in [-0.1, -0.05) is 51.0 Å². The van der Waals surface area contributed by atoms with Crippen LogP contribution < -0.4 is 21.5 Å². The monoisotopic (exact) mass is 392 g/mol. The molecule has 26 heavy (non-hydrogen) atoms. The highest BCUT2D eigenvalue weighted by atomic mass is 32.1. The third kappa shape index (κ3) is 10.7. The molecule has 4 N–H and O–H groups in total. The fourth-order valence-corrected chi connectivity index (χ4v) is 2.15. The lowest BCUT2D eigenvalue weighted by Crippen LogP contribution is -2.32. The van der Waals surface area contributed by atoms with Crippen LogP contribution in [-0.2, 0) is 0 Å². The molecule has 0 radical (unpaired) electrons. The summed E-state index contributed by atoms with van der Waals surface area (Å²) in [6, 6.07) is 7.83. The van der Waals surface area contributed by atoms with Crippen LogP contribution in [0.25, 0.3) is 0 Å². The summed E-state index contributed by atoms with van der Waals surface area (Å²) in [6.45, 7) is 5.99. The van der Waals surface area contributed by atoms with Gasteiger partial charge < -0.3 is 10.6 Å². The number of hydrogen-bond acceptors (Lipinski definition) is 4. The quantitative estimate of drug-likeness (QED) is 0.212. The van der Waals surface area contributed by atoms with Crippen LogP contribution >= 0.6 is 24.4 Å². The predicted octanol–water partition coefficient (Wildman–Crippen LogP) is 2.88. The summed E-state index contributed by atoms with van der Waals surface area (Å²) in [5, 5.41) is 15.5. The first-order valence-corrected chi connectivity index (χ1v) is 9.71. The van der Waals surface area contributed by atoms with E-state index in [9.17, 15) is 0 Å². The Balaban J connectivity index is 2.34. The van der Waals surface area contributed by atoms with Crippen molar-refractivity contribution in [2.75, 3.05) is 13.1 Å². The van der Waals surface area contributed by atoms with Gasteiger partial charge >= 0.3 is 0 Å². The van der Waals surface area contributed by atoms with Gasteiger partial charge in [0.25, 0.3) is 0 Å². The molecule has 1 rings (SSSR count). The zero-order valence-corrected chi connectivity index (χ0v) is 17.1. The zero-order valence-electron chi connectivity index (χ0n) is 15.4. The zero-order chi connectivity index (χ0) is 19.0. The van der Waals surface area contributed by atoms with E-state index in [2.05, 4.69) is 45.5 Å². The maximum atomic E-state index is 5.13. The Morgan fingerprint density at radius 2 is 1.19 bits per heavy atom. The third-order valence-corrected chi connectivity index (χ3v) is 3.80. The van der Waals surface area contributed by atoms with Crippen molar-refractivity contribution < 1.29 is 0 Å². The molecule has 0 spiro atoms. The molecule has 142 valence electrons. The van der Waals surface area contributed by atoms with Gasteiger partial charge in [-0.05, 0) is 48.4 Å². The van der Waals surface area contributed by atoms with Crippen molar-refractivity contribution in [3.63, 3.8) is 0 Å². The molecule has 0 aliphatic rings. The number of nitrogens with one attached hydrogen (secondary N) is 4. The van der Waals surface area contributed by atoms with Crippen LogP contribution in [0, 0.1) is 0 Å². The van der Waals surface area contributed by atoms with E-state index in [1.807, 2.05) is 24.3 Å². The summed E-state index contributed by atoms with van der Waals surface area (Å²) in [5.74, 6) is 0. The highest BCUT2D eigenvalue weighted by molar-refractivity contribution is 7.80. The van der Waals surface area contributed by atoms with E-state index in [4.69, 9.17) is 24.4 Å². The molecule has 0 aliphatic heterocycles. The number of hydrazone groups is 2. The number of benzene rings is 1. The summed E-state index contributed by atoms with van der Waals surface area (Å²) in [7, 11) is 0. The van der Waals surface area contributed by atoms with Crippen LogP contribution in [0.3, 0.4) is 0 Å². The average molecular weight is 393 g/mol. The van der Waals surface area contributed by atoms with E-state index in [1.54, 1.807) is 12.4 Å². The topological polar surface area (TPSA) is 72.8 Å². The molecule has 6 nitrogen and oxygen atoms in total. The van der Waals surface area contributed by atoms with Crippen molar-refractivity contribution in [1.29, 1.82) is 0 Å². The van der Waals surface area contributed by atoms with E-state index in [0.717, 1.165) is 49.9 Å². The maximum absolute atomic E-state index is 5.13. The number of nitrogens with zero attached hydrogens (tertiary/aromatic N) is 2. The summed E-state index contributed by atoms with van der Waals surface area (Å²) in [4.78, 5) is 0.